The number of phenolic OH excluding ortho intramolecular Hbond substituents is 1. The van der Waals surface area contributed by atoms with Crippen LogP contribution in [0.5, 0.6) is 11.5 Å². The van der Waals surface area contributed by atoms with Gasteiger partial charge in [-0.25, -0.2) is 0 Å². The average molecular weight is 370 g/mol. The number of rotatable bonds is 4. The summed E-state index contributed by atoms with van der Waals surface area (Å²) in [7, 11) is 1.57. The Balaban J connectivity index is 1.61. The minimum Gasteiger partial charge on any atom is -0.504 e. The fourth-order valence-corrected chi connectivity index (χ4v) is 3.86. The Bertz CT molecular complexity index is 520. The summed E-state index contributed by atoms with van der Waals surface area (Å²) in [5, 5.41) is 13.4. The summed E-state index contributed by atoms with van der Waals surface area (Å²) in [6.07, 6.45) is 1.24. The first kappa shape index (κ1) is 16.1. The molecule has 3 rings (SSSR count). The van der Waals surface area contributed by atoms with Gasteiger partial charge in [0.15, 0.2) is 11.5 Å². The van der Waals surface area contributed by atoms with Crippen LogP contribution < -0.4 is 10.1 Å². The van der Waals surface area contributed by atoms with Crippen LogP contribution in [0.4, 0.5) is 0 Å². The summed E-state index contributed by atoms with van der Waals surface area (Å²) in [6, 6.07) is 4.32. The molecule has 2 N–H and O–H groups in total. The second-order valence-corrected chi connectivity index (χ2v) is 6.93. The number of methoxy groups -OCH3 is 1. The van der Waals surface area contributed by atoms with E-state index in [0.717, 1.165) is 55.8 Å². The molecule has 2 fully saturated rings. The summed E-state index contributed by atoms with van der Waals surface area (Å²) in [5.74, 6) is 0.717. The van der Waals surface area contributed by atoms with Crippen molar-refractivity contribution in [2.45, 2.75) is 19.0 Å². The molecule has 0 spiro atoms. The molecule has 0 radical (unpaired) electrons. The minimum absolute atomic E-state index is 0.207. The van der Waals surface area contributed by atoms with Gasteiger partial charge in [-0.15, -0.1) is 0 Å². The van der Waals surface area contributed by atoms with Gasteiger partial charge in [-0.05, 0) is 24.1 Å². The van der Waals surface area contributed by atoms with Crippen LogP contribution in [0.3, 0.4) is 0 Å². The maximum atomic E-state index is 9.97. The van der Waals surface area contributed by atoms with Crippen molar-refractivity contribution in [1.29, 1.82) is 0 Å². The largest absolute Gasteiger partial charge is 0.504 e. The summed E-state index contributed by atoms with van der Waals surface area (Å²) in [4.78, 5) is 5.08. The van der Waals surface area contributed by atoms with Crippen molar-refractivity contribution in [3.8, 4) is 11.5 Å². The van der Waals surface area contributed by atoms with Crippen LogP contribution in [-0.4, -0.2) is 67.3 Å². The van der Waals surface area contributed by atoms with Crippen molar-refractivity contribution < 1.29 is 9.84 Å². The normalized spacial score (nSPS) is 23.8. The minimum atomic E-state index is 0.207. The fourth-order valence-electron chi connectivity index (χ4n) is 3.41. The first-order valence-corrected chi connectivity index (χ1v) is 8.69. The smallest absolute Gasteiger partial charge is 0.161 e. The Morgan fingerprint density at radius 1 is 1.32 bits per heavy atom. The van der Waals surface area contributed by atoms with E-state index in [0.29, 0.717) is 11.8 Å². The van der Waals surface area contributed by atoms with Crippen LogP contribution in [-0.2, 0) is 6.54 Å². The molecule has 2 aliphatic heterocycles. The number of likely N-dealkylation sites (tertiary alicyclic amines) is 1. The zero-order valence-electron chi connectivity index (χ0n) is 13.0. The van der Waals surface area contributed by atoms with Gasteiger partial charge in [-0.3, -0.25) is 9.80 Å². The monoisotopic (exact) mass is 369 g/mol. The summed E-state index contributed by atoms with van der Waals surface area (Å²) in [6.45, 7) is 7.62. The average Bonchev–Trinajstić information content (AvgIpc) is 3.00. The van der Waals surface area contributed by atoms with Gasteiger partial charge < -0.3 is 15.2 Å². The van der Waals surface area contributed by atoms with Gasteiger partial charge in [0.05, 0.1) is 7.11 Å². The zero-order valence-corrected chi connectivity index (χ0v) is 14.6. The van der Waals surface area contributed by atoms with Gasteiger partial charge in [0.1, 0.15) is 0 Å². The third-order valence-corrected chi connectivity index (χ3v) is 5.40. The molecule has 6 heteroatoms. The molecular weight excluding hydrogens is 346 g/mol. The molecule has 2 heterocycles. The highest BCUT2D eigenvalue weighted by Gasteiger charge is 2.28. The molecule has 22 heavy (non-hydrogen) atoms. The predicted octanol–water partition coefficient (Wildman–Crippen LogP) is 1.64. The van der Waals surface area contributed by atoms with E-state index in [9.17, 15) is 5.11 Å². The molecule has 1 aromatic carbocycles. The van der Waals surface area contributed by atoms with E-state index in [-0.39, 0.29) is 5.75 Å². The lowest BCUT2D eigenvalue weighted by molar-refractivity contribution is 0.170. The van der Waals surface area contributed by atoms with Crippen molar-refractivity contribution in [2.75, 3.05) is 46.4 Å². The van der Waals surface area contributed by atoms with E-state index in [1.54, 1.807) is 13.2 Å². The van der Waals surface area contributed by atoms with Crippen LogP contribution in [0, 0.1) is 0 Å². The first-order valence-electron chi connectivity index (χ1n) is 7.90. The third kappa shape index (κ3) is 3.56. The van der Waals surface area contributed by atoms with Crippen LogP contribution in [0.2, 0.25) is 0 Å². The van der Waals surface area contributed by atoms with Gasteiger partial charge in [0.2, 0.25) is 0 Å². The molecule has 2 saturated heterocycles. The first-order chi connectivity index (χ1) is 10.7. The molecule has 0 aromatic heterocycles. The lowest BCUT2D eigenvalue weighted by Crippen LogP contribution is -2.49. The number of halogens is 1. The Morgan fingerprint density at radius 3 is 2.82 bits per heavy atom. The van der Waals surface area contributed by atoms with Crippen LogP contribution in [0.1, 0.15) is 12.0 Å². The third-order valence-electron chi connectivity index (χ3n) is 4.66. The van der Waals surface area contributed by atoms with Gasteiger partial charge in [0.25, 0.3) is 0 Å². The van der Waals surface area contributed by atoms with Crippen molar-refractivity contribution in [3.05, 3.63) is 22.2 Å². The van der Waals surface area contributed by atoms with Gasteiger partial charge in [-0.1, -0.05) is 15.9 Å². The molecular formula is C16H24BrN3O2. The van der Waals surface area contributed by atoms with Crippen molar-refractivity contribution in [1.82, 2.24) is 15.1 Å². The number of hydrogen-bond acceptors (Lipinski definition) is 5. The number of phenols is 1. The second kappa shape index (κ2) is 7.17. The number of hydrogen-bond donors (Lipinski definition) is 2. The van der Waals surface area contributed by atoms with E-state index in [4.69, 9.17) is 4.74 Å². The SMILES string of the molecule is COc1cc(Br)c(CN2CCC(N3CCNCC3)C2)cc1O. The van der Waals surface area contributed by atoms with Crippen molar-refractivity contribution in [3.63, 3.8) is 0 Å². The number of ether oxygens (including phenoxy) is 1. The number of aromatic hydroxyl groups is 1. The molecule has 122 valence electrons. The standard InChI is InChI=1S/C16H24BrN3O2/c1-22-16-9-14(17)12(8-15(16)21)10-19-5-2-13(11-19)20-6-3-18-4-7-20/h8-9,13,18,21H,2-7,10-11H2,1H3. The van der Waals surface area contributed by atoms with Crippen molar-refractivity contribution >= 4 is 15.9 Å². The maximum absolute atomic E-state index is 9.97. The van der Waals surface area contributed by atoms with Gasteiger partial charge in [-0.2, -0.15) is 0 Å². The van der Waals surface area contributed by atoms with E-state index < -0.39 is 0 Å². The number of benzene rings is 1. The highest BCUT2D eigenvalue weighted by atomic mass is 79.9. The van der Waals surface area contributed by atoms with Crippen molar-refractivity contribution in [2.24, 2.45) is 0 Å². The van der Waals surface area contributed by atoms with Crippen LogP contribution >= 0.6 is 15.9 Å². The molecule has 0 saturated carbocycles. The number of nitrogens with one attached hydrogen (secondary N) is 1. The fraction of sp³-hybridized carbons (Fsp3) is 0.625. The quantitative estimate of drug-likeness (QED) is 0.844. The number of nitrogens with zero attached hydrogens (tertiary/aromatic N) is 2. The molecule has 1 atom stereocenters. The Kier molecular flexibility index (Phi) is 5.23. The van der Waals surface area contributed by atoms with E-state index in [2.05, 4.69) is 31.0 Å². The Hall–Kier alpha value is -0.820. The topological polar surface area (TPSA) is 48.0 Å². The molecule has 0 aliphatic carbocycles. The Labute approximate surface area is 140 Å². The molecule has 0 bridgehead atoms. The summed E-state index contributed by atoms with van der Waals surface area (Å²) in [5.41, 5.74) is 1.11. The van der Waals surface area contributed by atoms with E-state index in [1.165, 1.54) is 6.42 Å². The van der Waals surface area contributed by atoms with Crippen LogP contribution in [0.25, 0.3) is 0 Å². The molecule has 5 nitrogen and oxygen atoms in total. The summed E-state index contributed by atoms with van der Waals surface area (Å²) >= 11 is 3.58. The Morgan fingerprint density at radius 2 is 2.09 bits per heavy atom. The van der Waals surface area contributed by atoms with Gasteiger partial charge >= 0.3 is 0 Å². The van der Waals surface area contributed by atoms with Crippen LogP contribution in [0.15, 0.2) is 16.6 Å². The molecule has 2 aliphatic rings. The highest BCUT2D eigenvalue weighted by Crippen LogP contribution is 2.33. The lowest BCUT2D eigenvalue weighted by Gasteiger charge is -2.32. The van der Waals surface area contributed by atoms with Gasteiger partial charge in [0, 0.05) is 56.3 Å². The summed E-state index contributed by atoms with van der Waals surface area (Å²) < 4.78 is 6.13. The molecule has 1 aromatic rings. The number of piperazine rings is 1. The maximum Gasteiger partial charge on any atom is 0.161 e. The lowest BCUT2D eigenvalue weighted by atomic mass is 10.2. The predicted molar refractivity (Wildman–Crippen MR) is 90.5 cm³/mol. The van der Waals surface area contributed by atoms with E-state index >= 15 is 0 Å². The molecule has 1 unspecified atom stereocenters. The highest BCUT2D eigenvalue weighted by molar-refractivity contribution is 9.10. The second-order valence-electron chi connectivity index (χ2n) is 6.08. The molecule has 0 amide bonds. The van der Waals surface area contributed by atoms with E-state index in [1.807, 2.05) is 6.07 Å². The zero-order chi connectivity index (χ0) is 15.5.